The van der Waals surface area contributed by atoms with Crippen LogP contribution in [0, 0.1) is 0 Å². The maximum Gasteiger partial charge on any atom is 0.189 e. The van der Waals surface area contributed by atoms with E-state index in [4.69, 9.17) is 4.74 Å². The predicted octanol–water partition coefficient (Wildman–Crippen LogP) is 3.49. The molecule has 1 aromatic carbocycles. The van der Waals surface area contributed by atoms with Crippen molar-refractivity contribution < 1.29 is 9.53 Å². The first-order chi connectivity index (χ1) is 7.58. The first-order valence-corrected chi connectivity index (χ1v) is 5.08. The highest BCUT2D eigenvalue weighted by molar-refractivity contribution is 6.07. The Labute approximate surface area is 96.2 Å². The highest BCUT2D eigenvalue weighted by Gasteiger charge is 2.10. The van der Waals surface area contributed by atoms with E-state index in [2.05, 4.69) is 6.58 Å². The highest BCUT2D eigenvalue weighted by atomic mass is 16.5. The van der Waals surface area contributed by atoms with Crippen molar-refractivity contribution >= 4 is 11.9 Å². The lowest BCUT2D eigenvalue weighted by molar-refractivity contribution is 0.104. The summed E-state index contributed by atoms with van der Waals surface area (Å²) in [5.41, 5.74) is 2.45. The third-order valence-electron chi connectivity index (χ3n) is 2.14. The van der Waals surface area contributed by atoms with Crippen LogP contribution in [0.25, 0.3) is 6.08 Å². The number of benzene rings is 1. The molecule has 0 fully saturated rings. The molecule has 0 radical (unpaired) electrons. The first-order valence-electron chi connectivity index (χ1n) is 5.08. The molecule has 0 saturated carbocycles. The van der Waals surface area contributed by atoms with E-state index in [0.29, 0.717) is 11.3 Å². The van der Waals surface area contributed by atoms with E-state index >= 15 is 0 Å². The highest BCUT2D eigenvalue weighted by Crippen LogP contribution is 2.21. The van der Waals surface area contributed by atoms with Crippen LogP contribution in [0.1, 0.15) is 29.8 Å². The van der Waals surface area contributed by atoms with Gasteiger partial charge in [0.1, 0.15) is 5.75 Å². The van der Waals surface area contributed by atoms with Gasteiger partial charge in [0, 0.05) is 0 Å². The van der Waals surface area contributed by atoms with E-state index in [1.54, 1.807) is 31.4 Å². The molecular weight excluding hydrogens is 200 g/mol. The van der Waals surface area contributed by atoms with Crippen molar-refractivity contribution in [3.05, 3.63) is 47.6 Å². The third kappa shape index (κ3) is 2.83. The zero-order chi connectivity index (χ0) is 12.1. The van der Waals surface area contributed by atoms with Crippen molar-refractivity contribution in [3.63, 3.8) is 0 Å². The van der Waals surface area contributed by atoms with Gasteiger partial charge in [-0.15, -0.1) is 0 Å². The van der Waals surface area contributed by atoms with Gasteiger partial charge in [-0.05, 0) is 37.6 Å². The van der Waals surface area contributed by atoms with Crippen LogP contribution < -0.4 is 4.74 Å². The molecule has 84 valence electrons. The van der Waals surface area contributed by atoms with Crippen molar-refractivity contribution in [2.45, 2.75) is 13.8 Å². The molecule has 0 aliphatic rings. The Hall–Kier alpha value is -1.83. The molecule has 0 N–H and O–H groups in total. The number of hydrogen-bond donors (Lipinski definition) is 0. The number of ether oxygens (including phenoxy) is 1. The molecule has 16 heavy (non-hydrogen) atoms. The number of carbonyl (C=O) groups excluding carboxylic acids is 1. The quantitative estimate of drug-likeness (QED) is 0.569. The lowest BCUT2D eigenvalue weighted by atomic mass is 10.0. The number of methoxy groups -OCH3 is 1. The summed E-state index contributed by atoms with van der Waals surface area (Å²) in [7, 11) is 1.56. The van der Waals surface area contributed by atoms with E-state index in [0.717, 1.165) is 11.1 Å². The zero-order valence-corrected chi connectivity index (χ0v) is 9.91. The Balaban J connectivity index is 3.23. The molecule has 0 bridgehead atoms. The van der Waals surface area contributed by atoms with Crippen molar-refractivity contribution in [3.8, 4) is 5.75 Å². The second-order valence-corrected chi connectivity index (χ2v) is 3.75. The molecule has 2 heteroatoms. The average molecular weight is 216 g/mol. The van der Waals surface area contributed by atoms with Crippen LogP contribution in [-0.2, 0) is 0 Å². The molecule has 0 heterocycles. The molecule has 0 aromatic heterocycles. The van der Waals surface area contributed by atoms with Gasteiger partial charge in [-0.25, -0.2) is 0 Å². The van der Waals surface area contributed by atoms with Gasteiger partial charge in [0.25, 0.3) is 0 Å². The van der Waals surface area contributed by atoms with Crippen LogP contribution in [-0.4, -0.2) is 12.9 Å². The minimum atomic E-state index is -0.0412. The molecule has 0 saturated heterocycles. The fourth-order valence-electron chi connectivity index (χ4n) is 1.39. The molecule has 1 rings (SSSR count). The molecule has 0 amide bonds. The summed E-state index contributed by atoms with van der Waals surface area (Å²) in [6.45, 7) is 7.46. The number of ketones is 1. The summed E-state index contributed by atoms with van der Waals surface area (Å²) >= 11 is 0. The van der Waals surface area contributed by atoms with Crippen LogP contribution in [0.4, 0.5) is 0 Å². The fourth-order valence-corrected chi connectivity index (χ4v) is 1.39. The Bertz CT molecular complexity index is 438. The standard InChI is InChI=1S/C14H16O2/c1-5-11-6-7-14(16-4)12(9-11)13(15)8-10(2)3/h5-9H,1H2,2-4H3. The summed E-state index contributed by atoms with van der Waals surface area (Å²) in [5.74, 6) is 0.550. The molecule has 0 aliphatic carbocycles. The summed E-state index contributed by atoms with van der Waals surface area (Å²) in [6, 6.07) is 5.43. The van der Waals surface area contributed by atoms with Gasteiger partial charge in [0.15, 0.2) is 5.78 Å². The van der Waals surface area contributed by atoms with E-state index in [9.17, 15) is 4.79 Å². The lowest BCUT2D eigenvalue weighted by Gasteiger charge is -2.06. The molecule has 0 unspecified atom stereocenters. The van der Waals surface area contributed by atoms with E-state index in [1.807, 2.05) is 19.9 Å². The maximum atomic E-state index is 11.9. The number of carbonyl (C=O) groups is 1. The van der Waals surface area contributed by atoms with Gasteiger partial charge in [0.2, 0.25) is 0 Å². The predicted molar refractivity (Wildman–Crippen MR) is 66.8 cm³/mol. The maximum absolute atomic E-state index is 11.9. The van der Waals surface area contributed by atoms with Gasteiger partial charge in [-0.2, -0.15) is 0 Å². The van der Waals surface area contributed by atoms with E-state index < -0.39 is 0 Å². The lowest BCUT2D eigenvalue weighted by Crippen LogP contribution is -2.00. The van der Waals surface area contributed by atoms with E-state index in [1.165, 1.54) is 0 Å². The molecule has 0 aliphatic heterocycles. The zero-order valence-electron chi connectivity index (χ0n) is 9.91. The van der Waals surface area contributed by atoms with Crippen molar-refractivity contribution in [2.75, 3.05) is 7.11 Å². The number of rotatable bonds is 4. The monoisotopic (exact) mass is 216 g/mol. The average Bonchev–Trinajstić information content (AvgIpc) is 2.27. The third-order valence-corrected chi connectivity index (χ3v) is 2.14. The summed E-state index contributed by atoms with van der Waals surface area (Å²) < 4.78 is 5.16. The summed E-state index contributed by atoms with van der Waals surface area (Å²) in [5, 5.41) is 0. The first kappa shape index (κ1) is 12.2. The minimum absolute atomic E-state index is 0.0412. The van der Waals surface area contributed by atoms with Crippen molar-refractivity contribution in [2.24, 2.45) is 0 Å². The summed E-state index contributed by atoms with van der Waals surface area (Å²) in [4.78, 5) is 11.9. The fraction of sp³-hybridized carbons (Fsp3) is 0.214. The van der Waals surface area contributed by atoms with Crippen molar-refractivity contribution in [1.82, 2.24) is 0 Å². The van der Waals surface area contributed by atoms with Crippen LogP contribution >= 0.6 is 0 Å². The van der Waals surface area contributed by atoms with Crippen molar-refractivity contribution in [1.29, 1.82) is 0 Å². The smallest absolute Gasteiger partial charge is 0.189 e. The Morgan fingerprint density at radius 2 is 2.06 bits per heavy atom. The second-order valence-electron chi connectivity index (χ2n) is 3.75. The molecule has 0 atom stereocenters. The van der Waals surface area contributed by atoms with Gasteiger partial charge < -0.3 is 4.74 Å². The van der Waals surface area contributed by atoms with Gasteiger partial charge in [0.05, 0.1) is 12.7 Å². The Morgan fingerprint density at radius 3 is 2.56 bits per heavy atom. The molecule has 0 spiro atoms. The largest absolute Gasteiger partial charge is 0.496 e. The number of hydrogen-bond acceptors (Lipinski definition) is 2. The summed E-state index contributed by atoms with van der Waals surface area (Å²) in [6.07, 6.45) is 3.31. The van der Waals surface area contributed by atoms with Gasteiger partial charge >= 0.3 is 0 Å². The molecular formula is C14H16O2. The topological polar surface area (TPSA) is 26.3 Å². The van der Waals surface area contributed by atoms with E-state index in [-0.39, 0.29) is 5.78 Å². The van der Waals surface area contributed by atoms with Gasteiger partial charge in [-0.3, -0.25) is 4.79 Å². The van der Waals surface area contributed by atoms with Crippen LogP contribution in [0.15, 0.2) is 36.4 Å². The van der Waals surface area contributed by atoms with Crippen LogP contribution in [0.2, 0.25) is 0 Å². The van der Waals surface area contributed by atoms with Crippen LogP contribution in [0.3, 0.4) is 0 Å². The minimum Gasteiger partial charge on any atom is -0.496 e. The second kappa shape index (κ2) is 5.31. The Morgan fingerprint density at radius 1 is 1.38 bits per heavy atom. The SMILES string of the molecule is C=Cc1ccc(OC)c(C(=O)C=C(C)C)c1. The normalized spacial score (nSPS) is 9.44. The molecule has 1 aromatic rings. The van der Waals surface area contributed by atoms with Crippen LogP contribution in [0.5, 0.6) is 5.75 Å². The van der Waals surface area contributed by atoms with Gasteiger partial charge in [-0.1, -0.05) is 24.3 Å². The Kier molecular flexibility index (Phi) is 4.06. The molecule has 2 nitrogen and oxygen atoms in total. The number of allylic oxidation sites excluding steroid dienone is 2.